The van der Waals surface area contributed by atoms with Crippen LogP contribution in [0, 0.1) is 0 Å². The van der Waals surface area contributed by atoms with Gasteiger partial charge in [0, 0.05) is 36.8 Å². The van der Waals surface area contributed by atoms with Crippen molar-refractivity contribution in [1.29, 1.82) is 0 Å². The zero-order valence-electron chi connectivity index (χ0n) is 15.6. The van der Waals surface area contributed by atoms with Crippen LogP contribution in [0.15, 0.2) is 72.8 Å². The van der Waals surface area contributed by atoms with Crippen LogP contribution >= 0.6 is 0 Å². The predicted molar refractivity (Wildman–Crippen MR) is 109 cm³/mol. The molecule has 3 rings (SSSR count). The number of benzene rings is 3. The van der Waals surface area contributed by atoms with Crippen molar-refractivity contribution in [2.45, 2.75) is 0 Å². The van der Waals surface area contributed by atoms with Gasteiger partial charge in [-0.1, -0.05) is 0 Å². The van der Waals surface area contributed by atoms with Gasteiger partial charge in [0.25, 0.3) is 0 Å². The van der Waals surface area contributed by atoms with E-state index in [1.807, 2.05) is 38.4 Å². The Kier molecular flexibility index (Phi) is 5.32. The Hall–Kier alpha value is -3.14. The first-order valence-corrected chi connectivity index (χ1v) is 8.48. The van der Waals surface area contributed by atoms with Crippen LogP contribution in [0.2, 0.25) is 0 Å². The number of hydrogen-bond acceptors (Lipinski definition) is 4. The summed E-state index contributed by atoms with van der Waals surface area (Å²) in [5.74, 6) is 1.68. The van der Waals surface area contributed by atoms with Crippen molar-refractivity contribution in [2.75, 3.05) is 38.1 Å². The van der Waals surface area contributed by atoms with E-state index in [1.54, 1.807) is 14.2 Å². The Bertz CT molecular complexity index is 778. The number of hydrogen-bond donors (Lipinski definition) is 0. The van der Waals surface area contributed by atoms with E-state index in [4.69, 9.17) is 9.47 Å². The molecule has 3 aromatic carbocycles. The van der Waals surface area contributed by atoms with Crippen LogP contribution in [0.25, 0.3) is 0 Å². The summed E-state index contributed by atoms with van der Waals surface area (Å²) in [6, 6.07) is 24.6. The second kappa shape index (κ2) is 7.83. The summed E-state index contributed by atoms with van der Waals surface area (Å²) < 4.78 is 10.6. The summed E-state index contributed by atoms with van der Waals surface area (Å²) in [6.07, 6.45) is 0. The molecule has 0 aliphatic rings. The van der Waals surface area contributed by atoms with Crippen LogP contribution in [0.5, 0.6) is 11.5 Å². The minimum atomic E-state index is 0.839. The lowest BCUT2D eigenvalue weighted by molar-refractivity contribution is 0.415. The van der Waals surface area contributed by atoms with E-state index >= 15 is 0 Å². The van der Waals surface area contributed by atoms with Crippen molar-refractivity contribution in [2.24, 2.45) is 0 Å². The molecule has 0 saturated heterocycles. The van der Waals surface area contributed by atoms with Gasteiger partial charge in [-0.05, 0) is 72.8 Å². The largest absolute Gasteiger partial charge is 0.497 e. The highest BCUT2D eigenvalue weighted by molar-refractivity contribution is 5.77. The highest BCUT2D eigenvalue weighted by Gasteiger charge is 2.13. The maximum absolute atomic E-state index is 5.29. The molecule has 0 unspecified atom stereocenters. The molecular formula is C22H24N2O2. The number of ether oxygens (including phenoxy) is 2. The van der Waals surface area contributed by atoms with E-state index < -0.39 is 0 Å². The average molecular weight is 348 g/mol. The van der Waals surface area contributed by atoms with Crippen molar-refractivity contribution in [3.63, 3.8) is 0 Å². The maximum Gasteiger partial charge on any atom is 0.119 e. The maximum atomic E-state index is 5.29. The minimum absolute atomic E-state index is 0.839. The molecule has 0 radical (unpaired) electrons. The number of rotatable bonds is 6. The molecule has 0 bridgehead atoms. The van der Waals surface area contributed by atoms with Crippen molar-refractivity contribution in [3.05, 3.63) is 72.8 Å². The summed E-state index contributed by atoms with van der Waals surface area (Å²) in [7, 11) is 7.44. The van der Waals surface area contributed by atoms with Gasteiger partial charge in [-0.15, -0.1) is 0 Å². The molecule has 0 aliphatic carbocycles. The standard InChI is InChI=1S/C22H24N2O2/c1-23(2)17-5-7-18(8-6-17)24(19-9-13-21(25-3)14-10-19)20-11-15-22(26-4)16-12-20/h5-16H,1-4H3. The molecule has 0 fully saturated rings. The Morgan fingerprint density at radius 1 is 0.500 bits per heavy atom. The fourth-order valence-electron chi connectivity index (χ4n) is 2.81. The summed E-state index contributed by atoms with van der Waals surface area (Å²) in [5.41, 5.74) is 4.38. The van der Waals surface area contributed by atoms with E-state index in [2.05, 4.69) is 58.3 Å². The normalized spacial score (nSPS) is 10.3. The molecule has 4 nitrogen and oxygen atoms in total. The van der Waals surface area contributed by atoms with Gasteiger partial charge in [-0.25, -0.2) is 0 Å². The first-order chi connectivity index (χ1) is 12.6. The minimum Gasteiger partial charge on any atom is -0.497 e. The third-order valence-corrected chi connectivity index (χ3v) is 4.29. The molecule has 134 valence electrons. The summed E-state index contributed by atoms with van der Waals surface area (Å²) in [5, 5.41) is 0. The smallest absolute Gasteiger partial charge is 0.119 e. The lowest BCUT2D eigenvalue weighted by Gasteiger charge is -2.26. The van der Waals surface area contributed by atoms with Gasteiger partial charge in [-0.2, -0.15) is 0 Å². The van der Waals surface area contributed by atoms with Crippen molar-refractivity contribution < 1.29 is 9.47 Å². The van der Waals surface area contributed by atoms with Crippen molar-refractivity contribution in [1.82, 2.24) is 0 Å². The van der Waals surface area contributed by atoms with E-state index in [1.165, 1.54) is 0 Å². The van der Waals surface area contributed by atoms with E-state index in [0.29, 0.717) is 0 Å². The van der Waals surface area contributed by atoms with Crippen molar-refractivity contribution >= 4 is 22.7 Å². The van der Waals surface area contributed by atoms with Gasteiger partial charge in [0.05, 0.1) is 14.2 Å². The molecule has 0 aliphatic heterocycles. The van der Waals surface area contributed by atoms with Crippen LogP contribution in [0.3, 0.4) is 0 Å². The van der Waals surface area contributed by atoms with Gasteiger partial charge < -0.3 is 19.3 Å². The van der Waals surface area contributed by atoms with E-state index in [0.717, 1.165) is 34.2 Å². The first-order valence-electron chi connectivity index (χ1n) is 8.48. The van der Waals surface area contributed by atoms with Gasteiger partial charge in [0.2, 0.25) is 0 Å². The fourth-order valence-corrected chi connectivity index (χ4v) is 2.81. The molecule has 0 N–H and O–H groups in total. The first kappa shape index (κ1) is 17.7. The zero-order chi connectivity index (χ0) is 18.5. The second-order valence-electron chi connectivity index (χ2n) is 6.14. The third-order valence-electron chi connectivity index (χ3n) is 4.29. The number of methoxy groups -OCH3 is 2. The van der Waals surface area contributed by atoms with Crippen molar-refractivity contribution in [3.8, 4) is 11.5 Å². The van der Waals surface area contributed by atoms with Crippen LogP contribution in [-0.2, 0) is 0 Å². The number of anilines is 4. The van der Waals surface area contributed by atoms with Gasteiger partial charge in [0.1, 0.15) is 11.5 Å². The lowest BCUT2D eigenvalue weighted by Crippen LogP contribution is -2.11. The summed E-state index contributed by atoms with van der Waals surface area (Å²) in [4.78, 5) is 4.30. The van der Waals surface area contributed by atoms with Gasteiger partial charge in [-0.3, -0.25) is 0 Å². The number of nitrogens with zero attached hydrogens (tertiary/aromatic N) is 2. The van der Waals surface area contributed by atoms with Crippen LogP contribution < -0.4 is 19.3 Å². The fraction of sp³-hybridized carbons (Fsp3) is 0.182. The molecule has 26 heavy (non-hydrogen) atoms. The van der Waals surface area contributed by atoms with Crippen LogP contribution in [-0.4, -0.2) is 28.3 Å². The predicted octanol–water partition coefficient (Wildman–Crippen LogP) is 5.24. The van der Waals surface area contributed by atoms with Gasteiger partial charge >= 0.3 is 0 Å². The molecule has 0 aromatic heterocycles. The Balaban J connectivity index is 2.04. The molecular weight excluding hydrogens is 324 g/mol. The zero-order valence-corrected chi connectivity index (χ0v) is 15.6. The Labute approximate surface area is 155 Å². The van der Waals surface area contributed by atoms with Gasteiger partial charge in [0.15, 0.2) is 0 Å². The molecule has 0 atom stereocenters. The highest BCUT2D eigenvalue weighted by atomic mass is 16.5. The SMILES string of the molecule is COc1ccc(N(c2ccc(OC)cc2)c2ccc(N(C)C)cc2)cc1. The molecule has 3 aromatic rings. The molecule has 0 saturated carbocycles. The molecule has 0 spiro atoms. The molecule has 0 amide bonds. The quantitative estimate of drug-likeness (QED) is 0.608. The third kappa shape index (κ3) is 3.75. The Morgan fingerprint density at radius 2 is 0.808 bits per heavy atom. The summed E-state index contributed by atoms with van der Waals surface area (Å²) >= 11 is 0. The second-order valence-corrected chi connectivity index (χ2v) is 6.14. The van der Waals surface area contributed by atoms with E-state index in [-0.39, 0.29) is 0 Å². The van der Waals surface area contributed by atoms with Crippen LogP contribution in [0.1, 0.15) is 0 Å². The lowest BCUT2D eigenvalue weighted by atomic mass is 10.1. The summed E-state index contributed by atoms with van der Waals surface area (Å²) in [6.45, 7) is 0. The highest BCUT2D eigenvalue weighted by Crippen LogP contribution is 2.36. The Morgan fingerprint density at radius 3 is 1.12 bits per heavy atom. The molecule has 4 heteroatoms. The molecule has 0 heterocycles. The monoisotopic (exact) mass is 348 g/mol. The van der Waals surface area contributed by atoms with Crippen LogP contribution in [0.4, 0.5) is 22.7 Å². The topological polar surface area (TPSA) is 24.9 Å². The average Bonchev–Trinajstić information content (AvgIpc) is 2.69. The van der Waals surface area contributed by atoms with E-state index in [9.17, 15) is 0 Å².